The number of nitrogens with one attached hydrogen (secondary N) is 2. The third kappa shape index (κ3) is 4.49. The molecule has 146 valence electrons. The summed E-state index contributed by atoms with van der Waals surface area (Å²) in [7, 11) is 1.92. The highest BCUT2D eigenvalue weighted by Crippen LogP contribution is 2.29. The monoisotopic (exact) mass is 385 g/mol. The molecule has 3 nitrogen and oxygen atoms in total. The number of nitrogens with zero attached hydrogens (tertiary/aromatic N) is 1. The Labute approximate surface area is 162 Å². The number of anilines is 1. The van der Waals surface area contributed by atoms with Gasteiger partial charge in [0.2, 0.25) is 0 Å². The first-order valence-electron chi connectivity index (χ1n) is 9.09. The summed E-state index contributed by atoms with van der Waals surface area (Å²) in [4.78, 5) is 0. The van der Waals surface area contributed by atoms with Crippen LogP contribution in [0.1, 0.15) is 23.7 Å². The molecule has 0 aliphatic heterocycles. The fraction of sp³-hybridized carbons (Fsp3) is 0.273. The van der Waals surface area contributed by atoms with Gasteiger partial charge in [0.1, 0.15) is 0 Å². The number of aryl methyl sites for hydroxylation is 1. The zero-order valence-electron chi connectivity index (χ0n) is 15.8. The minimum Gasteiger partial charge on any atom is -0.374 e. The summed E-state index contributed by atoms with van der Waals surface area (Å²) in [5.41, 5.74) is 3.23. The normalized spacial score (nSPS) is 11.3. The van der Waals surface area contributed by atoms with Crippen molar-refractivity contribution >= 4 is 16.6 Å². The summed E-state index contributed by atoms with van der Waals surface area (Å²) in [6, 6.07) is 13.4. The van der Waals surface area contributed by atoms with Gasteiger partial charge in [-0.3, -0.25) is 0 Å². The Bertz CT molecular complexity index is 1010. The van der Waals surface area contributed by atoms with E-state index in [4.69, 9.17) is 0 Å². The Morgan fingerprint density at radius 3 is 2.43 bits per heavy atom. The second kappa shape index (κ2) is 8.41. The van der Waals surface area contributed by atoms with E-state index in [9.17, 15) is 13.2 Å². The number of hydrogen-bond acceptors (Lipinski definition) is 2. The average Bonchev–Trinajstić information content (AvgIpc) is 3.01. The number of fused-ring (bicyclic) bond motifs is 1. The van der Waals surface area contributed by atoms with Crippen LogP contribution in [0, 0.1) is 11.8 Å². The first kappa shape index (κ1) is 19.8. The summed E-state index contributed by atoms with van der Waals surface area (Å²) in [5.74, 6) is 6.22. The van der Waals surface area contributed by atoms with E-state index < -0.39 is 11.7 Å². The molecule has 0 amide bonds. The summed E-state index contributed by atoms with van der Waals surface area (Å²) >= 11 is 0. The van der Waals surface area contributed by atoms with E-state index in [0.29, 0.717) is 12.2 Å². The van der Waals surface area contributed by atoms with Gasteiger partial charge in [0, 0.05) is 29.7 Å². The molecule has 0 saturated carbocycles. The average molecular weight is 385 g/mol. The van der Waals surface area contributed by atoms with E-state index >= 15 is 0 Å². The van der Waals surface area contributed by atoms with Crippen LogP contribution in [-0.4, -0.2) is 18.2 Å². The molecule has 3 aromatic rings. The first-order valence-corrected chi connectivity index (χ1v) is 9.09. The lowest BCUT2D eigenvalue weighted by atomic mass is 10.1. The summed E-state index contributed by atoms with van der Waals surface area (Å²) < 4.78 is 39.9. The molecule has 3 rings (SSSR count). The fourth-order valence-corrected chi connectivity index (χ4v) is 3.14. The lowest BCUT2D eigenvalue weighted by molar-refractivity contribution is -0.137. The van der Waals surface area contributed by atoms with Crippen molar-refractivity contribution in [1.82, 2.24) is 9.88 Å². The molecule has 6 heteroatoms. The summed E-state index contributed by atoms with van der Waals surface area (Å²) in [6.45, 7) is 4.05. The van der Waals surface area contributed by atoms with E-state index in [0.717, 1.165) is 41.8 Å². The van der Waals surface area contributed by atoms with Crippen LogP contribution in [0.3, 0.4) is 0 Å². The molecule has 1 heterocycles. The molecule has 0 aliphatic carbocycles. The maximum Gasteiger partial charge on any atom is 0.416 e. The zero-order valence-corrected chi connectivity index (χ0v) is 15.8. The smallest absolute Gasteiger partial charge is 0.374 e. The Balaban J connectivity index is 1.72. The molecular weight excluding hydrogens is 363 g/mol. The Morgan fingerprint density at radius 1 is 1.04 bits per heavy atom. The lowest BCUT2D eigenvalue weighted by Crippen LogP contribution is -2.05. The highest BCUT2D eigenvalue weighted by molar-refractivity contribution is 5.83. The van der Waals surface area contributed by atoms with Crippen LogP contribution in [0.5, 0.6) is 0 Å². The largest absolute Gasteiger partial charge is 0.416 e. The SMILES string of the molecule is CCn1c(C#CCNc2ccc(C(F)(F)F)cc2)cc2cc(CNC)ccc21. The second-order valence-corrected chi connectivity index (χ2v) is 6.43. The fourth-order valence-electron chi connectivity index (χ4n) is 3.14. The van der Waals surface area contributed by atoms with Crippen molar-refractivity contribution in [3.05, 3.63) is 65.4 Å². The van der Waals surface area contributed by atoms with Gasteiger partial charge in [0.15, 0.2) is 0 Å². The van der Waals surface area contributed by atoms with Gasteiger partial charge in [-0.1, -0.05) is 12.0 Å². The number of halogens is 3. The molecule has 0 bridgehead atoms. The minimum atomic E-state index is -4.32. The van der Waals surface area contributed by atoms with E-state index in [1.165, 1.54) is 17.7 Å². The molecular formula is C22H22F3N3. The Hall–Kier alpha value is -2.91. The van der Waals surface area contributed by atoms with Crippen LogP contribution < -0.4 is 10.6 Å². The van der Waals surface area contributed by atoms with Crippen LogP contribution >= 0.6 is 0 Å². The second-order valence-electron chi connectivity index (χ2n) is 6.43. The molecule has 0 saturated heterocycles. The number of alkyl halides is 3. The van der Waals surface area contributed by atoms with Gasteiger partial charge in [0.05, 0.1) is 17.8 Å². The van der Waals surface area contributed by atoms with E-state index in [2.05, 4.69) is 58.2 Å². The van der Waals surface area contributed by atoms with Gasteiger partial charge >= 0.3 is 6.18 Å². The van der Waals surface area contributed by atoms with Crippen molar-refractivity contribution in [1.29, 1.82) is 0 Å². The molecule has 2 aromatic carbocycles. The van der Waals surface area contributed by atoms with Crippen LogP contribution in [0.25, 0.3) is 10.9 Å². The van der Waals surface area contributed by atoms with Crippen molar-refractivity contribution in [2.75, 3.05) is 18.9 Å². The van der Waals surface area contributed by atoms with Crippen molar-refractivity contribution in [3.8, 4) is 11.8 Å². The van der Waals surface area contributed by atoms with Gasteiger partial charge in [0.25, 0.3) is 0 Å². The van der Waals surface area contributed by atoms with Gasteiger partial charge < -0.3 is 15.2 Å². The maximum absolute atomic E-state index is 12.6. The zero-order chi connectivity index (χ0) is 20.1. The van der Waals surface area contributed by atoms with Gasteiger partial charge in [-0.25, -0.2) is 0 Å². The van der Waals surface area contributed by atoms with Crippen molar-refractivity contribution < 1.29 is 13.2 Å². The van der Waals surface area contributed by atoms with E-state index in [1.54, 1.807) is 0 Å². The molecule has 0 atom stereocenters. The van der Waals surface area contributed by atoms with Crippen molar-refractivity contribution in [3.63, 3.8) is 0 Å². The van der Waals surface area contributed by atoms with Crippen LogP contribution in [0.15, 0.2) is 48.5 Å². The third-order valence-electron chi connectivity index (χ3n) is 4.47. The molecule has 0 unspecified atom stereocenters. The molecule has 0 aliphatic rings. The quantitative estimate of drug-likeness (QED) is 0.614. The molecule has 0 radical (unpaired) electrons. The third-order valence-corrected chi connectivity index (χ3v) is 4.47. The number of aromatic nitrogens is 1. The predicted octanol–water partition coefficient (Wildman–Crippen LogP) is 4.86. The van der Waals surface area contributed by atoms with Crippen LogP contribution in [-0.2, 0) is 19.3 Å². The topological polar surface area (TPSA) is 29.0 Å². The van der Waals surface area contributed by atoms with Gasteiger partial charge in [-0.05, 0) is 67.9 Å². The van der Waals surface area contributed by atoms with Crippen molar-refractivity contribution in [2.45, 2.75) is 26.2 Å². The molecule has 0 fully saturated rings. The number of hydrogen-bond donors (Lipinski definition) is 2. The molecule has 2 N–H and O–H groups in total. The molecule has 0 spiro atoms. The Morgan fingerprint density at radius 2 is 1.79 bits per heavy atom. The standard InChI is InChI=1S/C22H22F3N3/c1-3-28-20(14-17-13-16(15-26-2)6-11-21(17)28)5-4-12-27-19-9-7-18(8-10-19)22(23,24)25/h6-11,13-14,26-27H,3,12,15H2,1-2H3. The number of rotatable bonds is 5. The first-order chi connectivity index (χ1) is 13.4. The molecule has 1 aromatic heterocycles. The van der Waals surface area contributed by atoms with Gasteiger partial charge in [-0.2, -0.15) is 13.2 Å². The minimum absolute atomic E-state index is 0.349. The highest BCUT2D eigenvalue weighted by Gasteiger charge is 2.29. The lowest BCUT2D eigenvalue weighted by Gasteiger charge is -2.07. The molecule has 28 heavy (non-hydrogen) atoms. The number of benzene rings is 2. The van der Waals surface area contributed by atoms with Gasteiger partial charge in [-0.15, -0.1) is 0 Å². The summed E-state index contributed by atoms with van der Waals surface area (Å²) in [6.07, 6.45) is -4.32. The van der Waals surface area contributed by atoms with E-state index in [1.807, 2.05) is 7.05 Å². The van der Waals surface area contributed by atoms with E-state index in [-0.39, 0.29) is 0 Å². The highest BCUT2D eigenvalue weighted by atomic mass is 19.4. The van der Waals surface area contributed by atoms with Crippen LogP contribution in [0.2, 0.25) is 0 Å². The van der Waals surface area contributed by atoms with Crippen LogP contribution in [0.4, 0.5) is 18.9 Å². The Kier molecular flexibility index (Phi) is 5.96. The maximum atomic E-state index is 12.6. The predicted molar refractivity (Wildman–Crippen MR) is 107 cm³/mol. The summed E-state index contributed by atoms with van der Waals surface area (Å²) in [5, 5.41) is 7.33. The van der Waals surface area contributed by atoms with Crippen molar-refractivity contribution in [2.24, 2.45) is 0 Å².